The number of hydrogen-bond acceptors (Lipinski definition) is 7. The number of fused-ring (bicyclic) bond motifs is 1. The van der Waals surface area contributed by atoms with Crippen molar-refractivity contribution >= 4 is 28.2 Å². The first-order valence-corrected chi connectivity index (χ1v) is 15.0. The van der Waals surface area contributed by atoms with Gasteiger partial charge < -0.3 is 24.6 Å². The Morgan fingerprint density at radius 1 is 0.875 bits per heavy atom. The fourth-order valence-corrected chi connectivity index (χ4v) is 6.27. The van der Waals surface area contributed by atoms with Crippen LogP contribution in [0.5, 0.6) is 5.75 Å². The van der Waals surface area contributed by atoms with Crippen LogP contribution < -0.4 is 15.0 Å². The summed E-state index contributed by atoms with van der Waals surface area (Å²) in [4.78, 5) is 25.5. The lowest BCUT2D eigenvalue weighted by Crippen LogP contribution is -2.47. The minimum atomic E-state index is -0.198. The number of hydrogen-bond donors (Lipinski definition) is 1. The monoisotopic (exact) mass is 543 g/mol. The first-order valence-electron chi connectivity index (χ1n) is 15.0. The number of ether oxygens (including phenoxy) is 2. The van der Waals surface area contributed by atoms with Gasteiger partial charge in [0, 0.05) is 55.2 Å². The highest BCUT2D eigenvalue weighted by atomic mass is 16.5. The highest BCUT2D eigenvalue weighted by Crippen LogP contribution is 2.32. The molecule has 8 heteroatoms. The highest BCUT2D eigenvalue weighted by molar-refractivity contribution is 6.09. The Morgan fingerprint density at radius 2 is 1.65 bits per heavy atom. The summed E-state index contributed by atoms with van der Waals surface area (Å²) in [7, 11) is 0. The summed E-state index contributed by atoms with van der Waals surface area (Å²) in [5, 5.41) is 5.05. The van der Waals surface area contributed by atoms with Crippen molar-refractivity contribution in [2.45, 2.75) is 38.1 Å². The van der Waals surface area contributed by atoms with Gasteiger partial charge in [0.2, 0.25) is 0 Å². The maximum absolute atomic E-state index is 13.3. The van der Waals surface area contributed by atoms with Crippen LogP contribution in [0, 0.1) is 0 Å². The molecule has 1 amide bonds. The molecule has 0 aliphatic carbocycles. The molecule has 3 saturated heterocycles. The largest absolute Gasteiger partial charge is 0.492 e. The Balaban J connectivity index is 1.09. The van der Waals surface area contributed by atoms with Gasteiger partial charge in [-0.2, -0.15) is 0 Å². The number of anilines is 2. The summed E-state index contributed by atoms with van der Waals surface area (Å²) in [6.07, 6.45) is 6.35. The van der Waals surface area contributed by atoms with E-state index in [1.165, 1.54) is 32.4 Å². The molecule has 8 nitrogen and oxygen atoms in total. The second kappa shape index (κ2) is 13.0. The molecule has 40 heavy (non-hydrogen) atoms. The first-order chi connectivity index (χ1) is 19.7. The molecule has 6 rings (SSSR count). The standard InChI is InChI=1S/C32H41N5O3/c38-32(29-9-6-10-31(33-29)37-17-13-25(14-18-37)36-15-4-1-5-16-36)34-28-11-12-30(27-8-3-2-7-26(27)28)40-24-21-35-19-22-39-23-20-35/h2-3,6-12,25H,1,4-5,13-24H2,(H,34,38). The van der Waals surface area contributed by atoms with Crippen molar-refractivity contribution in [2.24, 2.45) is 0 Å². The number of aromatic nitrogens is 1. The average molecular weight is 544 g/mol. The van der Waals surface area contributed by atoms with Gasteiger partial charge in [-0.25, -0.2) is 4.98 Å². The summed E-state index contributed by atoms with van der Waals surface area (Å²) < 4.78 is 11.6. The predicted molar refractivity (Wildman–Crippen MR) is 160 cm³/mol. The van der Waals surface area contributed by atoms with Crippen LogP contribution in [-0.4, -0.2) is 92.4 Å². The smallest absolute Gasteiger partial charge is 0.274 e. The van der Waals surface area contributed by atoms with E-state index in [1.54, 1.807) is 6.07 Å². The number of benzene rings is 2. The maximum atomic E-state index is 13.3. The number of carbonyl (C=O) groups excluding carboxylic acids is 1. The summed E-state index contributed by atoms with van der Waals surface area (Å²) in [5.41, 5.74) is 1.20. The van der Waals surface area contributed by atoms with E-state index in [1.807, 2.05) is 48.5 Å². The molecule has 2 aromatic carbocycles. The molecule has 0 bridgehead atoms. The van der Waals surface area contributed by atoms with Crippen molar-refractivity contribution in [1.29, 1.82) is 0 Å². The van der Waals surface area contributed by atoms with E-state index in [4.69, 9.17) is 14.5 Å². The molecule has 4 heterocycles. The minimum Gasteiger partial charge on any atom is -0.492 e. The number of rotatable bonds is 8. The number of piperidine rings is 2. The van der Waals surface area contributed by atoms with E-state index in [0.717, 1.165) is 86.8 Å². The van der Waals surface area contributed by atoms with Gasteiger partial charge in [-0.1, -0.05) is 36.8 Å². The number of likely N-dealkylation sites (tertiary alicyclic amines) is 1. The van der Waals surface area contributed by atoms with Gasteiger partial charge in [-0.3, -0.25) is 9.69 Å². The zero-order valence-electron chi connectivity index (χ0n) is 23.4. The van der Waals surface area contributed by atoms with Crippen molar-refractivity contribution in [1.82, 2.24) is 14.8 Å². The third-order valence-electron chi connectivity index (χ3n) is 8.56. The van der Waals surface area contributed by atoms with Crippen molar-refractivity contribution in [3.63, 3.8) is 0 Å². The number of nitrogens with one attached hydrogen (secondary N) is 1. The van der Waals surface area contributed by atoms with Crippen LogP contribution in [0.15, 0.2) is 54.6 Å². The van der Waals surface area contributed by atoms with Gasteiger partial charge in [-0.15, -0.1) is 0 Å². The Bertz CT molecular complexity index is 1280. The normalized spacial score (nSPS) is 19.6. The number of pyridine rings is 1. The molecule has 0 atom stereocenters. The summed E-state index contributed by atoms with van der Waals surface area (Å²) in [6.45, 7) is 9.40. The Morgan fingerprint density at radius 3 is 2.45 bits per heavy atom. The molecule has 0 unspecified atom stereocenters. The highest BCUT2D eigenvalue weighted by Gasteiger charge is 2.26. The molecule has 0 spiro atoms. The van der Waals surface area contributed by atoms with Gasteiger partial charge in [0.15, 0.2) is 0 Å². The van der Waals surface area contributed by atoms with Gasteiger partial charge >= 0.3 is 0 Å². The lowest BCUT2D eigenvalue weighted by atomic mass is 10.00. The zero-order chi connectivity index (χ0) is 27.1. The van der Waals surface area contributed by atoms with Crippen LogP contribution >= 0.6 is 0 Å². The van der Waals surface area contributed by atoms with E-state index in [9.17, 15) is 4.79 Å². The van der Waals surface area contributed by atoms with E-state index < -0.39 is 0 Å². The van der Waals surface area contributed by atoms with Crippen LogP contribution in [0.1, 0.15) is 42.6 Å². The van der Waals surface area contributed by atoms with Crippen LogP contribution in [0.3, 0.4) is 0 Å². The molecule has 1 N–H and O–H groups in total. The molecule has 0 radical (unpaired) electrons. The van der Waals surface area contributed by atoms with E-state index in [-0.39, 0.29) is 5.91 Å². The van der Waals surface area contributed by atoms with E-state index in [0.29, 0.717) is 18.3 Å². The summed E-state index contributed by atoms with van der Waals surface area (Å²) in [5.74, 6) is 1.52. The van der Waals surface area contributed by atoms with Crippen LogP contribution in [0.25, 0.3) is 10.8 Å². The third kappa shape index (κ3) is 6.40. The van der Waals surface area contributed by atoms with Gasteiger partial charge in [-0.05, 0) is 63.0 Å². The molecule has 1 aromatic heterocycles. The molecule has 3 fully saturated rings. The second-order valence-corrected chi connectivity index (χ2v) is 11.1. The topological polar surface area (TPSA) is 70.2 Å². The Labute approximate surface area is 237 Å². The molecule has 3 aliphatic rings. The van der Waals surface area contributed by atoms with Crippen LogP contribution in [-0.2, 0) is 4.74 Å². The molecule has 212 valence electrons. The number of carbonyl (C=O) groups is 1. The van der Waals surface area contributed by atoms with Crippen molar-refractivity contribution in [3.8, 4) is 5.75 Å². The van der Waals surface area contributed by atoms with E-state index in [2.05, 4.69) is 20.0 Å². The lowest BCUT2D eigenvalue weighted by Gasteiger charge is -2.40. The fraction of sp³-hybridized carbons (Fsp3) is 0.500. The number of amides is 1. The van der Waals surface area contributed by atoms with Crippen molar-refractivity contribution in [3.05, 3.63) is 60.3 Å². The van der Waals surface area contributed by atoms with Crippen molar-refractivity contribution < 1.29 is 14.3 Å². The molecule has 3 aromatic rings. The minimum absolute atomic E-state index is 0.198. The zero-order valence-corrected chi connectivity index (χ0v) is 23.4. The first kappa shape index (κ1) is 27.0. The molecule has 3 aliphatic heterocycles. The summed E-state index contributed by atoms with van der Waals surface area (Å²) in [6, 6.07) is 18.4. The molecule has 0 saturated carbocycles. The van der Waals surface area contributed by atoms with Gasteiger partial charge in [0.05, 0.1) is 13.2 Å². The fourth-order valence-electron chi connectivity index (χ4n) is 6.27. The number of morpholine rings is 1. The Hall–Kier alpha value is -3.20. The lowest BCUT2D eigenvalue weighted by molar-refractivity contribution is 0.0323. The number of nitrogens with zero attached hydrogens (tertiary/aromatic N) is 4. The van der Waals surface area contributed by atoms with E-state index >= 15 is 0 Å². The predicted octanol–water partition coefficient (Wildman–Crippen LogP) is 4.65. The Kier molecular flexibility index (Phi) is 8.76. The summed E-state index contributed by atoms with van der Waals surface area (Å²) >= 11 is 0. The SMILES string of the molecule is O=C(Nc1ccc(OCCN2CCOCC2)c2ccccc12)c1cccc(N2CCC(N3CCCCC3)CC2)n1. The maximum Gasteiger partial charge on any atom is 0.274 e. The van der Waals surface area contributed by atoms with Crippen LogP contribution in [0.2, 0.25) is 0 Å². The van der Waals surface area contributed by atoms with Crippen molar-refractivity contribution in [2.75, 3.05) is 75.9 Å². The average Bonchev–Trinajstić information content (AvgIpc) is 3.03. The quantitative estimate of drug-likeness (QED) is 0.443. The van der Waals surface area contributed by atoms with Gasteiger partial charge in [0.25, 0.3) is 5.91 Å². The molecular weight excluding hydrogens is 502 g/mol. The van der Waals surface area contributed by atoms with Gasteiger partial charge in [0.1, 0.15) is 23.9 Å². The van der Waals surface area contributed by atoms with Crippen LogP contribution in [0.4, 0.5) is 11.5 Å². The molecular formula is C32H41N5O3. The third-order valence-corrected chi connectivity index (χ3v) is 8.56. The second-order valence-electron chi connectivity index (χ2n) is 11.1.